The summed E-state index contributed by atoms with van der Waals surface area (Å²) in [7, 11) is 3.72. The topological polar surface area (TPSA) is 20.3 Å². The van der Waals surface area contributed by atoms with E-state index >= 15 is 0 Å². The summed E-state index contributed by atoms with van der Waals surface area (Å²) in [5.74, 6) is 0.266. The van der Waals surface area contributed by atoms with Crippen LogP contribution < -0.4 is 0 Å². The van der Waals surface area contributed by atoms with Gasteiger partial charge in [0.1, 0.15) is 0 Å². The van der Waals surface area contributed by atoms with Crippen molar-refractivity contribution in [2.24, 2.45) is 0 Å². The van der Waals surface area contributed by atoms with E-state index in [2.05, 4.69) is 20.8 Å². The Labute approximate surface area is 152 Å². The Morgan fingerprint density at radius 2 is 1.17 bits per heavy atom. The number of rotatable bonds is 16. The molecule has 1 amide bonds. The van der Waals surface area contributed by atoms with Gasteiger partial charge >= 0.3 is 0 Å². The van der Waals surface area contributed by atoms with Gasteiger partial charge in [-0.15, -0.1) is 0 Å². The van der Waals surface area contributed by atoms with Crippen molar-refractivity contribution in [2.75, 3.05) is 40.3 Å². The maximum absolute atomic E-state index is 11.9. The second-order valence-electron chi connectivity index (χ2n) is 7.64. The first-order chi connectivity index (χ1) is 11.5. The summed E-state index contributed by atoms with van der Waals surface area (Å²) in [4.78, 5) is 13.6. The van der Waals surface area contributed by atoms with Crippen molar-refractivity contribution >= 4 is 5.91 Å². The van der Waals surface area contributed by atoms with Crippen molar-refractivity contribution in [3.8, 4) is 0 Å². The van der Waals surface area contributed by atoms with E-state index in [1.165, 1.54) is 70.8 Å². The van der Waals surface area contributed by atoms with E-state index in [9.17, 15) is 4.79 Å². The van der Waals surface area contributed by atoms with Crippen LogP contribution in [-0.4, -0.2) is 55.6 Å². The van der Waals surface area contributed by atoms with Gasteiger partial charge in [-0.3, -0.25) is 4.79 Å². The van der Waals surface area contributed by atoms with Gasteiger partial charge in [0, 0.05) is 14.1 Å². The normalized spacial score (nSPS) is 11.7. The SMILES string of the molecule is CCCCCCCCCCCC[N+](CC)(CC)CCC(=O)N(C)C. The number of unbranched alkanes of at least 4 members (excludes halogenated alkanes) is 9. The third-order valence-corrected chi connectivity index (χ3v) is 5.63. The fourth-order valence-corrected chi connectivity index (χ4v) is 3.46. The first-order valence-electron chi connectivity index (χ1n) is 10.6. The van der Waals surface area contributed by atoms with Crippen LogP contribution in [0.1, 0.15) is 91.4 Å². The van der Waals surface area contributed by atoms with E-state index in [1.807, 2.05) is 14.1 Å². The minimum atomic E-state index is 0.266. The van der Waals surface area contributed by atoms with E-state index in [0.717, 1.165) is 24.1 Å². The molecule has 0 bridgehead atoms. The van der Waals surface area contributed by atoms with Crippen LogP contribution in [0.2, 0.25) is 0 Å². The van der Waals surface area contributed by atoms with Crippen molar-refractivity contribution in [3.05, 3.63) is 0 Å². The monoisotopic (exact) mass is 341 g/mol. The molecule has 0 aromatic rings. The lowest BCUT2D eigenvalue weighted by atomic mass is 10.1. The molecule has 0 atom stereocenters. The Bertz CT molecular complexity index is 298. The molecular weight excluding hydrogens is 296 g/mol. The van der Waals surface area contributed by atoms with E-state index < -0.39 is 0 Å². The van der Waals surface area contributed by atoms with Gasteiger partial charge in [0.15, 0.2) is 0 Å². The highest BCUT2D eigenvalue weighted by Crippen LogP contribution is 2.14. The van der Waals surface area contributed by atoms with Crippen molar-refractivity contribution in [3.63, 3.8) is 0 Å². The molecule has 0 spiro atoms. The predicted octanol–water partition coefficient (Wildman–Crippen LogP) is 5.24. The molecule has 0 aliphatic heterocycles. The van der Waals surface area contributed by atoms with Gasteiger partial charge in [0.25, 0.3) is 0 Å². The molecule has 0 heterocycles. The minimum absolute atomic E-state index is 0.266. The zero-order valence-corrected chi connectivity index (χ0v) is 17.4. The predicted molar refractivity (Wildman–Crippen MR) is 106 cm³/mol. The van der Waals surface area contributed by atoms with Crippen LogP contribution in [0.15, 0.2) is 0 Å². The van der Waals surface area contributed by atoms with Gasteiger partial charge in [-0.1, -0.05) is 58.3 Å². The summed E-state index contributed by atoms with van der Waals surface area (Å²) in [5, 5.41) is 0. The number of hydrogen-bond donors (Lipinski definition) is 0. The van der Waals surface area contributed by atoms with Crippen molar-refractivity contribution in [1.82, 2.24) is 4.90 Å². The van der Waals surface area contributed by atoms with Crippen molar-refractivity contribution in [2.45, 2.75) is 91.4 Å². The molecule has 0 radical (unpaired) electrons. The van der Waals surface area contributed by atoms with Crippen LogP contribution in [0.4, 0.5) is 0 Å². The average Bonchev–Trinajstić information content (AvgIpc) is 2.59. The largest absolute Gasteiger partial charge is 0.349 e. The summed E-state index contributed by atoms with van der Waals surface area (Å²) < 4.78 is 1.11. The summed E-state index contributed by atoms with van der Waals surface area (Å²) in [6.07, 6.45) is 14.6. The van der Waals surface area contributed by atoms with Gasteiger partial charge < -0.3 is 9.38 Å². The van der Waals surface area contributed by atoms with Crippen LogP contribution in [0, 0.1) is 0 Å². The molecule has 0 saturated heterocycles. The lowest BCUT2D eigenvalue weighted by Gasteiger charge is -2.37. The van der Waals surface area contributed by atoms with Crippen LogP contribution in [0.5, 0.6) is 0 Å². The zero-order valence-electron chi connectivity index (χ0n) is 17.4. The van der Waals surface area contributed by atoms with Crippen molar-refractivity contribution in [1.29, 1.82) is 0 Å². The third-order valence-electron chi connectivity index (χ3n) is 5.63. The maximum atomic E-state index is 11.9. The number of carbonyl (C=O) groups excluding carboxylic acids is 1. The number of amides is 1. The highest BCUT2D eigenvalue weighted by molar-refractivity contribution is 5.75. The molecule has 0 aromatic heterocycles. The Hall–Kier alpha value is -0.570. The minimum Gasteiger partial charge on any atom is -0.349 e. The number of quaternary nitrogens is 1. The Morgan fingerprint density at radius 3 is 1.58 bits per heavy atom. The lowest BCUT2D eigenvalue weighted by Crippen LogP contribution is -2.50. The number of carbonyl (C=O) groups is 1. The van der Waals surface area contributed by atoms with Gasteiger partial charge in [0.05, 0.1) is 32.6 Å². The molecule has 0 N–H and O–H groups in total. The van der Waals surface area contributed by atoms with E-state index in [0.29, 0.717) is 6.42 Å². The third kappa shape index (κ3) is 11.1. The fraction of sp³-hybridized carbons (Fsp3) is 0.952. The lowest BCUT2D eigenvalue weighted by molar-refractivity contribution is -0.924. The molecule has 24 heavy (non-hydrogen) atoms. The van der Waals surface area contributed by atoms with E-state index in [4.69, 9.17) is 0 Å². The molecule has 0 rings (SSSR count). The zero-order chi connectivity index (χ0) is 18.3. The first kappa shape index (κ1) is 23.4. The quantitative estimate of drug-likeness (QED) is 0.278. The van der Waals surface area contributed by atoms with E-state index in [-0.39, 0.29) is 5.91 Å². The second-order valence-corrected chi connectivity index (χ2v) is 7.64. The van der Waals surface area contributed by atoms with Crippen LogP contribution in [0.3, 0.4) is 0 Å². The van der Waals surface area contributed by atoms with Crippen LogP contribution >= 0.6 is 0 Å². The highest BCUT2D eigenvalue weighted by Gasteiger charge is 2.24. The Balaban J connectivity index is 3.82. The Morgan fingerprint density at radius 1 is 0.708 bits per heavy atom. The van der Waals surface area contributed by atoms with Crippen LogP contribution in [0.25, 0.3) is 0 Å². The first-order valence-corrected chi connectivity index (χ1v) is 10.6. The standard InChI is InChI=1S/C21H45N2O/c1-6-9-10-11-12-13-14-15-16-17-19-23(7-2,8-3)20-18-21(24)22(4)5/h6-20H2,1-5H3/q+1. The smallest absolute Gasteiger partial charge is 0.227 e. The number of hydrogen-bond acceptors (Lipinski definition) is 1. The molecular formula is C21H45N2O+. The van der Waals surface area contributed by atoms with Gasteiger partial charge in [0.2, 0.25) is 5.91 Å². The molecule has 3 nitrogen and oxygen atoms in total. The summed E-state index contributed by atoms with van der Waals surface area (Å²) in [6, 6.07) is 0. The second kappa shape index (κ2) is 14.7. The van der Waals surface area contributed by atoms with Gasteiger partial charge in [-0.2, -0.15) is 0 Å². The Kier molecular flexibility index (Phi) is 14.4. The van der Waals surface area contributed by atoms with E-state index in [1.54, 1.807) is 4.90 Å². The molecule has 144 valence electrons. The summed E-state index contributed by atoms with van der Waals surface area (Å²) >= 11 is 0. The molecule has 0 aliphatic carbocycles. The summed E-state index contributed by atoms with van der Waals surface area (Å²) in [5.41, 5.74) is 0. The fourth-order valence-electron chi connectivity index (χ4n) is 3.46. The molecule has 0 aromatic carbocycles. The molecule has 0 unspecified atom stereocenters. The van der Waals surface area contributed by atoms with Crippen molar-refractivity contribution < 1.29 is 9.28 Å². The molecule has 3 heteroatoms. The number of nitrogens with zero attached hydrogens (tertiary/aromatic N) is 2. The van der Waals surface area contributed by atoms with Gasteiger partial charge in [-0.25, -0.2) is 0 Å². The molecule has 0 aliphatic rings. The average molecular weight is 342 g/mol. The molecule has 0 fully saturated rings. The van der Waals surface area contributed by atoms with Gasteiger partial charge in [-0.05, 0) is 26.7 Å². The summed E-state index contributed by atoms with van der Waals surface area (Å²) in [6.45, 7) is 11.4. The maximum Gasteiger partial charge on any atom is 0.227 e. The highest BCUT2D eigenvalue weighted by atomic mass is 16.2. The molecule has 0 saturated carbocycles. The van der Waals surface area contributed by atoms with Crippen LogP contribution in [-0.2, 0) is 4.79 Å².